The molecule has 1 aliphatic heterocycles. The molecule has 0 bridgehead atoms. The molecule has 0 atom stereocenters. The van der Waals surface area contributed by atoms with Crippen molar-refractivity contribution in [3.63, 3.8) is 0 Å². The van der Waals surface area contributed by atoms with Crippen LogP contribution < -0.4 is 5.32 Å². The topological polar surface area (TPSA) is 71.8 Å². The minimum absolute atomic E-state index is 0.287. The second-order valence-electron chi connectivity index (χ2n) is 7.21. The van der Waals surface area contributed by atoms with E-state index in [1.807, 2.05) is 58.0 Å². The largest absolute Gasteiger partial charge is 0.441 e. The average molecular weight is 495 g/mol. The Morgan fingerprint density at radius 1 is 1.30 bits per heavy atom. The number of cyclic esters (lactones) is 1. The number of carbonyl (C=O) groups is 1. The molecule has 3 aromatic rings. The Kier molecular flexibility index (Phi) is 6.88. The third kappa shape index (κ3) is 4.70. The van der Waals surface area contributed by atoms with Crippen molar-refractivity contribution >= 4 is 45.1 Å². The number of rotatable bonds is 5. The van der Waals surface area contributed by atoms with E-state index in [4.69, 9.17) is 16.3 Å². The maximum Gasteiger partial charge on any atom is 0.410 e. The van der Waals surface area contributed by atoms with Gasteiger partial charge in [-0.3, -0.25) is 0 Å². The lowest BCUT2D eigenvalue weighted by Gasteiger charge is -2.17. The Morgan fingerprint density at radius 2 is 2.03 bits per heavy atom. The molecule has 1 N–H and O–H groups in total. The van der Waals surface area contributed by atoms with Gasteiger partial charge < -0.3 is 15.0 Å². The number of benzene rings is 1. The van der Waals surface area contributed by atoms with E-state index in [2.05, 4.69) is 31.3 Å². The van der Waals surface area contributed by atoms with Gasteiger partial charge in [0.05, 0.1) is 22.9 Å². The second kappa shape index (κ2) is 9.22. The zero-order valence-electron chi connectivity index (χ0n) is 17.4. The minimum Gasteiger partial charge on any atom is -0.441 e. The zero-order valence-corrected chi connectivity index (χ0v) is 19.8. The van der Waals surface area contributed by atoms with Crippen molar-refractivity contribution in [3.05, 3.63) is 46.0 Å². The first-order valence-electron chi connectivity index (χ1n) is 9.85. The predicted molar refractivity (Wildman–Crippen MR) is 123 cm³/mol. The van der Waals surface area contributed by atoms with E-state index in [0.717, 1.165) is 21.5 Å². The Hall–Kier alpha value is -2.32. The summed E-state index contributed by atoms with van der Waals surface area (Å²) in [6, 6.07) is 9.47. The summed E-state index contributed by atoms with van der Waals surface area (Å²) in [6.45, 7) is 9.45. The Morgan fingerprint density at radius 3 is 2.70 bits per heavy atom. The molecule has 0 radical (unpaired) electrons. The first-order chi connectivity index (χ1) is 14.3. The smallest absolute Gasteiger partial charge is 0.410 e. The quantitative estimate of drug-likeness (QED) is 0.508. The van der Waals surface area contributed by atoms with Crippen molar-refractivity contribution in [1.29, 1.82) is 0 Å². The normalized spacial score (nSPS) is 15.0. The van der Waals surface area contributed by atoms with Crippen molar-refractivity contribution in [3.8, 4) is 11.3 Å². The van der Waals surface area contributed by atoms with E-state index in [1.165, 1.54) is 0 Å². The van der Waals surface area contributed by atoms with Gasteiger partial charge in [-0.15, -0.1) is 0 Å². The molecular formula is C21H25BrClN5O2. The molecule has 0 unspecified atom stereocenters. The highest BCUT2D eigenvalue weighted by atomic mass is 79.9. The van der Waals surface area contributed by atoms with Crippen molar-refractivity contribution in [2.45, 2.75) is 33.3 Å². The van der Waals surface area contributed by atoms with Crippen LogP contribution in [0.5, 0.6) is 0 Å². The van der Waals surface area contributed by atoms with Crippen LogP contribution in [0.3, 0.4) is 0 Å². The molecule has 1 saturated heterocycles. The molecular weight excluding hydrogens is 470 g/mol. The van der Waals surface area contributed by atoms with Gasteiger partial charge in [0.2, 0.25) is 0 Å². The molecule has 1 aromatic carbocycles. The van der Waals surface area contributed by atoms with Gasteiger partial charge in [-0.25, -0.2) is 9.78 Å². The van der Waals surface area contributed by atoms with Crippen LogP contribution in [0.2, 0.25) is 5.02 Å². The maximum absolute atomic E-state index is 12.0. The van der Waals surface area contributed by atoms with Gasteiger partial charge in [0.15, 0.2) is 5.65 Å². The van der Waals surface area contributed by atoms with Gasteiger partial charge in [0.1, 0.15) is 11.4 Å². The Balaban J connectivity index is 0.00000124. The van der Waals surface area contributed by atoms with Crippen LogP contribution in [-0.4, -0.2) is 50.8 Å². The summed E-state index contributed by atoms with van der Waals surface area (Å²) in [5.74, 6) is 0.762. The molecule has 7 nitrogen and oxygen atoms in total. The third-order valence-corrected chi connectivity index (χ3v) is 5.35. The molecule has 2 aromatic heterocycles. The number of aromatic nitrogens is 3. The van der Waals surface area contributed by atoms with Crippen LogP contribution in [0, 0.1) is 0 Å². The summed E-state index contributed by atoms with van der Waals surface area (Å²) in [5.41, 5.74) is 1.81. The van der Waals surface area contributed by atoms with E-state index >= 15 is 0 Å². The second-order valence-corrected chi connectivity index (χ2v) is 8.47. The monoisotopic (exact) mass is 493 g/mol. The van der Waals surface area contributed by atoms with Crippen LogP contribution in [0.15, 0.2) is 41.0 Å². The summed E-state index contributed by atoms with van der Waals surface area (Å²) in [6.07, 6.45) is 1.41. The summed E-state index contributed by atoms with van der Waals surface area (Å²) in [4.78, 5) is 18.3. The van der Waals surface area contributed by atoms with Gasteiger partial charge in [-0.05, 0) is 35.8 Å². The fourth-order valence-corrected chi connectivity index (χ4v) is 3.80. The van der Waals surface area contributed by atoms with Gasteiger partial charge in [0.25, 0.3) is 0 Å². The first kappa shape index (κ1) is 22.4. The van der Waals surface area contributed by atoms with Crippen molar-refractivity contribution in [2.75, 3.05) is 25.0 Å². The van der Waals surface area contributed by atoms with Gasteiger partial charge in [-0.2, -0.15) is 9.61 Å². The summed E-state index contributed by atoms with van der Waals surface area (Å²) in [7, 11) is 0. The molecule has 9 heteroatoms. The van der Waals surface area contributed by atoms with Crippen LogP contribution in [0.25, 0.3) is 16.9 Å². The SMILES string of the molecule is CC.CC1(C)CN(CCNc2cc(-c3ccccc3Cl)nc3c(Br)cnn23)C(=O)O1. The molecule has 4 rings (SSSR count). The van der Waals surface area contributed by atoms with E-state index in [1.54, 1.807) is 15.6 Å². The number of halogens is 2. The van der Waals surface area contributed by atoms with Crippen molar-refractivity contribution < 1.29 is 9.53 Å². The molecule has 160 valence electrons. The minimum atomic E-state index is -0.453. The molecule has 1 fully saturated rings. The highest BCUT2D eigenvalue weighted by Crippen LogP contribution is 2.30. The van der Waals surface area contributed by atoms with Gasteiger partial charge >= 0.3 is 6.09 Å². The van der Waals surface area contributed by atoms with Crippen LogP contribution in [0.4, 0.5) is 10.6 Å². The van der Waals surface area contributed by atoms with E-state index in [0.29, 0.717) is 30.3 Å². The lowest BCUT2D eigenvalue weighted by molar-refractivity contribution is 0.0859. The molecule has 0 saturated carbocycles. The van der Waals surface area contributed by atoms with Crippen molar-refractivity contribution in [1.82, 2.24) is 19.5 Å². The molecule has 1 aliphatic rings. The molecule has 3 heterocycles. The standard InChI is InChI=1S/C19H19BrClN5O2.C2H6/c1-19(2)11-25(18(27)28-19)8-7-22-16-9-15(12-5-3-4-6-14(12)21)24-17-13(20)10-23-26(16)17;1-2/h3-6,9-10,22H,7-8,11H2,1-2H3;1-2H3. The fourth-order valence-electron chi connectivity index (χ4n) is 3.22. The molecule has 30 heavy (non-hydrogen) atoms. The summed E-state index contributed by atoms with van der Waals surface area (Å²) >= 11 is 9.85. The summed E-state index contributed by atoms with van der Waals surface area (Å²) in [5, 5.41) is 8.35. The number of hydrogen-bond acceptors (Lipinski definition) is 5. The van der Waals surface area contributed by atoms with E-state index in [-0.39, 0.29) is 6.09 Å². The number of fused-ring (bicyclic) bond motifs is 1. The van der Waals surface area contributed by atoms with Gasteiger partial charge in [0, 0.05) is 29.7 Å². The van der Waals surface area contributed by atoms with Gasteiger partial charge in [-0.1, -0.05) is 43.6 Å². The fraction of sp³-hybridized carbons (Fsp3) is 0.381. The van der Waals surface area contributed by atoms with E-state index in [9.17, 15) is 4.79 Å². The number of carbonyl (C=O) groups excluding carboxylic acids is 1. The van der Waals surface area contributed by atoms with Crippen LogP contribution in [0.1, 0.15) is 27.7 Å². The van der Waals surface area contributed by atoms with E-state index < -0.39 is 5.60 Å². The number of nitrogens with zero attached hydrogens (tertiary/aromatic N) is 4. The number of amides is 1. The molecule has 0 aliphatic carbocycles. The van der Waals surface area contributed by atoms with Crippen LogP contribution >= 0.6 is 27.5 Å². The molecule has 0 spiro atoms. The lowest BCUT2D eigenvalue weighted by Crippen LogP contribution is -2.32. The average Bonchev–Trinajstić information content (AvgIpc) is 3.22. The number of ether oxygens (including phenoxy) is 1. The number of nitrogens with one attached hydrogen (secondary N) is 1. The molecule has 1 amide bonds. The predicted octanol–water partition coefficient (Wildman–Crippen LogP) is 5.48. The Labute approximate surface area is 189 Å². The Bertz CT molecular complexity index is 1050. The van der Waals surface area contributed by atoms with Crippen molar-refractivity contribution in [2.24, 2.45) is 0 Å². The highest BCUT2D eigenvalue weighted by Gasteiger charge is 2.36. The number of anilines is 1. The first-order valence-corrected chi connectivity index (χ1v) is 11.0. The summed E-state index contributed by atoms with van der Waals surface area (Å²) < 4.78 is 7.84. The van der Waals surface area contributed by atoms with Crippen LogP contribution in [-0.2, 0) is 4.74 Å². The maximum atomic E-state index is 12.0. The highest BCUT2D eigenvalue weighted by molar-refractivity contribution is 9.10. The third-order valence-electron chi connectivity index (χ3n) is 4.46. The lowest BCUT2D eigenvalue weighted by atomic mass is 10.1. The number of hydrogen-bond donors (Lipinski definition) is 1. The zero-order chi connectivity index (χ0) is 21.9.